The van der Waals surface area contributed by atoms with Gasteiger partial charge in [0, 0.05) is 25.1 Å². The number of nitrogens with one attached hydrogen (secondary N) is 2. The highest BCUT2D eigenvalue weighted by Gasteiger charge is 2.14. The number of ether oxygens (including phenoxy) is 2. The van der Waals surface area contributed by atoms with Crippen LogP contribution in [0.2, 0.25) is 0 Å². The summed E-state index contributed by atoms with van der Waals surface area (Å²) in [5, 5.41) is 2.69. The summed E-state index contributed by atoms with van der Waals surface area (Å²) in [4.78, 5) is 16.1. The van der Waals surface area contributed by atoms with E-state index in [9.17, 15) is 13.2 Å². The Morgan fingerprint density at radius 2 is 1.77 bits per heavy atom. The van der Waals surface area contributed by atoms with E-state index >= 15 is 0 Å². The van der Waals surface area contributed by atoms with Gasteiger partial charge in [0.15, 0.2) is 6.79 Å². The number of anilines is 2. The van der Waals surface area contributed by atoms with Crippen LogP contribution in [0.4, 0.5) is 11.5 Å². The number of methoxy groups -OCH3 is 1. The molecule has 0 saturated heterocycles. The van der Waals surface area contributed by atoms with E-state index in [0.29, 0.717) is 11.4 Å². The van der Waals surface area contributed by atoms with Crippen LogP contribution in [0, 0.1) is 0 Å². The minimum absolute atomic E-state index is 0.0578. The minimum atomic E-state index is -3.77. The number of hydrogen-bond acceptors (Lipinski definition) is 6. The molecule has 160 valence electrons. The SMILES string of the molecule is COCOc1ccc(/C=C/C(=O)Nc2ccc(S(=O)(=O)Nc3ccccn3)cc2)cc1. The predicted molar refractivity (Wildman–Crippen MR) is 118 cm³/mol. The van der Waals surface area contributed by atoms with Gasteiger partial charge in [0.05, 0.1) is 4.90 Å². The maximum absolute atomic E-state index is 12.4. The van der Waals surface area contributed by atoms with Crippen LogP contribution in [-0.4, -0.2) is 33.2 Å². The molecule has 1 amide bonds. The maximum atomic E-state index is 12.4. The van der Waals surface area contributed by atoms with Crippen LogP contribution in [-0.2, 0) is 19.6 Å². The number of carbonyl (C=O) groups excluding carboxylic acids is 1. The average Bonchev–Trinajstić information content (AvgIpc) is 2.78. The van der Waals surface area contributed by atoms with Crippen LogP contribution in [0.15, 0.2) is 83.9 Å². The monoisotopic (exact) mass is 439 g/mol. The first-order valence-corrected chi connectivity index (χ1v) is 10.7. The standard InChI is InChI=1S/C22H21N3O5S/c1-29-16-30-19-10-5-17(6-11-19)7-14-22(26)24-18-8-12-20(13-9-18)31(27,28)25-21-4-2-3-15-23-21/h2-15H,16H2,1H3,(H,23,25)(H,24,26)/b14-7+. The van der Waals surface area contributed by atoms with Crippen LogP contribution in [0.25, 0.3) is 6.08 Å². The zero-order valence-corrected chi connectivity index (χ0v) is 17.5. The zero-order chi connectivity index (χ0) is 22.1. The lowest BCUT2D eigenvalue weighted by Gasteiger charge is -2.08. The third-order valence-corrected chi connectivity index (χ3v) is 5.36. The average molecular weight is 439 g/mol. The van der Waals surface area contributed by atoms with Crippen LogP contribution in [0.3, 0.4) is 0 Å². The highest BCUT2D eigenvalue weighted by molar-refractivity contribution is 7.92. The third kappa shape index (κ3) is 6.66. The zero-order valence-electron chi connectivity index (χ0n) is 16.7. The molecule has 0 aliphatic heterocycles. The number of amides is 1. The van der Waals surface area contributed by atoms with Crippen molar-refractivity contribution in [2.75, 3.05) is 23.9 Å². The van der Waals surface area contributed by atoms with E-state index in [-0.39, 0.29) is 23.4 Å². The van der Waals surface area contributed by atoms with Crippen molar-refractivity contribution >= 4 is 33.5 Å². The smallest absolute Gasteiger partial charge is 0.263 e. The second-order valence-corrected chi connectivity index (χ2v) is 7.97. The van der Waals surface area contributed by atoms with Crippen molar-refractivity contribution in [2.45, 2.75) is 4.90 Å². The quantitative estimate of drug-likeness (QED) is 0.390. The van der Waals surface area contributed by atoms with Gasteiger partial charge >= 0.3 is 0 Å². The lowest BCUT2D eigenvalue weighted by atomic mass is 10.2. The number of nitrogens with zero attached hydrogens (tertiary/aromatic N) is 1. The summed E-state index contributed by atoms with van der Waals surface area (Å²) in [7, 11) is -2.23. The fourth-order valence-electron chi connectivity index (χ4n) is 2.50. The van der Waals surface area contributed by atoms with Gasteiger partial charge < -0.3 is 14.8 Å². The van der Waals surface area contributed by atoms with E-state index < -0.39 is 10.0 Å². The molecule has 2 N–H and O–H groups in total. The van der Waals surface area contributed by atoms with Crippen molar-refractivity contribution in [3.05, 3.63) is 84.6 Å². The molecule has 0 aliphatic rings. The number of rotatable bonds is 9. The fraction of sp³-hybridized carbons (Fsp3) is 0.0909. The lowest BCUT2D eigenvalue weighted by Crippen LogP contribution is -2.14. The third-order valence-electron chi connectivity index (χ3n) is 3.99. The summed E-state index contributed by atoms with van der Waals surface area (Å²) in [5.74, 6) is 0.543. The molecule has 8 nitrogen and oxygen atoms in total. The normalized spacial score (nSPS) is 11.3. The highest BCUT2D eigenvalue weighted by Crippen LogP contribution is 2.17. The summed E-state index contributed by atoms with van der Waals surface area (Å²) >= 11 is 0. The van der Waals surface area contributed by atoms with Gasteiger partial charge in [0.25, 0.3) is 10.0 Å². The second-order valence-electron chi connectivity index (χ2n) is 6.29. The van der Waals surface area contributed by atoms with Gasteiger partial charge in [-0.1, -0.05) is 18.2 Å². The summed E-state index contributed by atoms with van der Waals surface area (Å²) in [5.41, 5.74) is 1.29. The molecule has 3 rings (SSSR count). The molecule has 0 fully saturated rings. The molecule has 0 radical (unpaired) electrons. The van der Waals surface area contributed by atoms with E-state index in [2.05, 4.69) is 15.0 Å². The van der Waals surface area contributed by atoms with Gasteiger partial charge in [-0.15, -0.1) is 0 Å². The van der Waals surface area contributed by atoms with Gasteiger partial charge in [-0.3, -0.25) is 9.52 Å². The predicted octanol–water partition coefficient (Wildman–Crippen LogP) is 3.52. The summed E-state index contributed by atoms with van der Waals surface area (Å²) in [6.07, 6.45) is 4.54. The van der Waals surface area contributed by atoms with Gasteiger partial charge in [0.2, 0.25) is 5.91 Å². The van der Waals surface area contributed by atoms with E-state index in [1.54, 1.807) is 43.5 Å². The van der Waals surface area contributed by atoms with Gasteiger partial charge in [-0.05, 0) is 60.2 Å². The second kappa shape index (κ2) is 10.4. The van der Waals surface area contributed by atoms with Gasteiger partial charge in [-0.2, -0.15) is 0 Å². The summed E-state index contributed by atoms with van der Waals surface area (Å²) in [6, 6.07) is 17.9. The largest absolute Gasteiger partial charge is 0.468 e. The van der Waals surface area contributed by atoms with Crippen molar-refractivity contribution in [1.29, 1.82) is 0 Å². The molecule has 1 heterocycles. The molecule has 3 aromatic rings. The van der Waals surface area contributed by atoms with Crippen LogP contribution in [0.1, 0.15) is 5.56 Å². The Hall–Kier alpha value is -3.69. The van der Waals surface area contributed by atoms with Gasteiger partial charge in [0.1, 0.15) is 11.6 Å². The molecule has 9 heteroatoms. The Bertz CT molecular complexity index is 1130. The number of aromatic nitrogens is 1. The molecule has 0 bridgehead atoms. The Kier molecular flexibility index (Phi) is 7.36. The van der Waals surface area contributed by atoms with E-state index in [4.69, 9.17) is 9.47 Å². The first-order chi connectivity index (χ1) is 15.0. The number of carbonyl (C=O) groups is 1. The van der Waals surface area contributed by atoms with Crippen LogP contribution < -0.4 is 14.8 Å². The molecule has 0 spiro atoms. The highest BCUT2D eigenvalue weighted by atomic mass is 32.2. The van der Waals surface area contributed by atoms with Crippen molar-refractivity contribution in [3.8, 4) is 5.75 Å². The number of hydrogen-bond donors (Lipinski definition) is 2. The molecular weight excluding hydrogens is 418 g/mol. The Morgan fingerprint density at radius 1 is 1.03 bits per heavy atom. The maximum Gasteiger partial charge on any atom is 0.263 e. The van der Waals surface area contributed by atoms with Crippen molar-refractivity contribution < 1.29 is 22.7 Å². The van der Waals surface area contributed by atoms with Crippen LogP contribution in [0.5, 0.6) is 5.75 Å². The minimum Gasteiger partial charge on any atom is -0.468 e. The Labute approximate surface area is 180 Å². The number of pyridine rings is 1. The number of benzene rings is 2. The molecular formula is C22H21N3O5S. The van der Waals surface area contributed by atoms with Crippen molar-refractivity contribution in [2.24, 2.45) is 0 Å². The molecule has 0 unspecified atom stereocenters. The summed E-state index contributed by atoms with van der Waals surface area (Å²) < 4.78 is 37.4. The summed E-state index contributed by atoms with van der Waals surface area (Å²) in [6.45, 7) is 0.164. The first kappa shape index (κ1) is 22.0. The fourth-order valence-corrected chi connectivity index (χ4v) is 3.50. The Morgan fingerprint density at radius 3 is 2.42 bits per heavy atom. The molecule has 2 aromatic carbocycles. The lowest BCUT2D eigenvalue weighted by molar-refractivity contribution is -0.111. The molecule has 0 atom stereocenters. The molecule has 0 aliphatic carbocycles. The van der Waals surface area contributed by atoms with E-state index in [1.807, 2.05) is 12.1 Å². The molecule has 31 heavy (non-hydrogen) atoms. The number of sulfonamides is 1. The molecule has 1 aromatic heterocycles. The Balaban J connectivity index is 1.57. The van der Waals surface area contributed by atoms with E-state index in [0.717, 1.165) is 5.56 Å². The first-order valence-electron chi connectivity index (χ1n) is 9.21. The van der Waals surface area contributed by atoms with Gasteiger partial charge in [-0.25, -0.2) is 13.4 Å². The van der Waals surface area contributed by atoms with Crippen molar-refractivity contribution in [3.63, 3.8) is 0 Å². The van der Waals surface area contributed by atoms with Crippen molar-refractivity contribution in [1.82, 2.24) is 4.98 Å². The molecule has 0 saturated carbocycles. The van der Waals surface area contributed by atoms with Crippen LogP contribution >= 0.6 is 0 Å². The topological polar surface area (TPSA) is 107 Å². The van der Waals surface area contributed by atoms with E-state index in [1.165, 1.54) is 36.5 Å².